The second kappa shape index (κ2) is 2.76. The van der Waals surface area contributed by atoms with E-state index in [9.17, 15) is 5.11 Å². The van der Waals surface area contributed by atoms with Gasteiger partial charge in [0.1, 0.15) is 0 Å². The summed E-state index contributed by atoms with van der Waals surface area (Å²) in [6, 6.07) is 1.45. The van der Waals surface area contributed by atoms with Gasteiger partial charge in [0.2, 0.25) is 0 Å². The fourth-order valence-electron chi connectivity index (χ4n) is 2.54. The molecule has 2 saturated heterocycles. The van der Waals surface area contributed by atoms with Crippen LogP contribution in [0.4, 0.5) is 0 Å². The number of nitrogens with zero attached hydrogens (tertiary/aromatic N) is 1. The average molecular weight is 155 g/mol. The lowest BCUT2D eigenvalue weighted by molar-refractivity contribution is 0.138. The largest absolute Gasteiger partial charge is 0.393 e. The van der Waals surface area contributed by atoms with Crippen LogP contribution in [0.1, 0.15) is 32.1 Å². The maximum Gasteiger partial charge on any atom is 0.0555 e. The van der Waals surface area contributed by atoms with E-state index in [0.29, 0.717) is 6.04 Å². The highest BCUT2D eigenvalue weighted by Gasteiger charge is 2.34. The minimum Gasteiger partial charge on any atom is -0.393 e. The molecule has 2 heteroatoms. The Hall–Kier alpha value is -0.0800. The molecule has 0 aliphatic carbocycles. The van der Waals surface area contributed by atoms with Gasteiger partial charge in [-0.25, -0.2) is 0 Å². The predicted octanol–water partition coefficient (Wildman–Crippen LogP) is 0.994. The summed E-state index contributed by atoms with van der Waals surface area (Å²) in [5, 5.41) is 9.50. The second-order valence-electron chi connectivity index (χ2n) is 4.02. The third-order valence-electron chi connectivity index (χ3n) is 3.36. The van der Waals surface area contributed by atoms with E-state index in [1.165, 1.54) is 19.3 Å². The zero-order valence-corrected chi connectivity index (χ0v) is 7.16. The Balaban J connectivity index is 2.07. The van der Waals surface area contributed by atoms with E-state index in [2.05, 4.69) is 11.9 Å². The molecule has 2 aliphatic heterocycles. The molecule has 0 amide bonds. The number of fused-ring (bicyclic) bond motifs is 2. The summed E-state index contributed by atoms with van der Waals surface area (Å²) in [5.74, 6) is 0. The summed E-state index contributed by atoms with van der Waals surface area (Å²) in [4.78, 5) is 2.47. The summed E-state index contributed by atoms with van der Waals surface area (Å²) in [6.45, 7) is 0. The van der Waals surface area contributed by atoms with Crippen molar-refractivity contribution in [2.24, 2.45) is 0 Å². The summed E-state index contributed by atoms with van der Waals surface area (Å²) >= 11 is 0. The molecule has 3 atom stereocenters. The Morgan fingerprint density at radius 2 is 1.73 bits per heavy atom. The Morgan fingerprint density at radius 1 is 1.09 bits per heavy atom. The van der Waals surface area contributed by atoms with Crippen LogP contribution < -0.4 is 0 Å². The second-order valence-corrected chi connectivity index (χ2v) is 4.02. The number of hydrogen-bond acceptors (Lipinski definition) is 2. The molecule has 0 spiro atoms. The molecule has 1 N–H and O–H groups in total. The lowest BCUT2D eigenvalue weighted by Gasteiger charge is -2.22. The molecule has 0 aromatic heterocycles. The van der Waals surface area contributed by atoms with E-state index in [1.54, 1.807) is 0 Å². The smallest absolute Gasteiger partial charge is 0.0555 e. The van der Waals surface area contributed by atoms with Crippen molar-refractivity contribution in [2.45, 2.75) is 50.3 Å². The summed E-state index contributed by atoms with van der Waals surface area (Å²) in [7, 11) is 2.21. The van der Waals surface area contributed by atoms with Gasteiger partial charge in [0.25, 0.3) is 0 Å². The molecule has 0 aromatic rings. The van der Waals surface area contributed by atoms with Gasteiger partial charge in [0.15, 0.2) is 0 Å². The first-order chi connectivity index (χ1) is 5.27. The van der Waals surface area contributed by atoms with Gasteiger partial charge >= 0.3 is 0 Å². The van der Waals surface area contributed by atoms with Gasteiger partial charge < -0.3 is 10.0 Å². The molecule has 0 saturated carbocycles. The van der Waals surface area contributed by atoms with Crippen molar-refractivity contribution in [1.29, 1.82) is 0 Å². The topological polar surface area (TPSA) is 23.5 Å². The van der Waals surface area contributed by atoms with Crippen molar-refractivity contribution in [3.05, 3.63) is 0 Å². The monoisotopic (exact) mass is 155 g/mol. The lowest BCUT2D eigenvalue weighted by atomic mass is 9.99. The highest BCUT2D eigenvalue weighted by Crippen LogP contribution is 2.32. The van der Waals surface area contributed by atoms with Crippen LogP contribution in [0.2, 0.25) is 0 Å². The zero-order chi connectivity index (χ0) is 7.84. The van der Waals surface area contributed by atoms with Gasteiger partial charge in [-0.05, 0) is 39.2 Å². The number of hydrogen-bond donors (Lipinski definition) is 1. The molecule has 64 valence electrons. The van der Waals surface area contributed by atoms with Gasteiger partial charge in [-0.1, -0.05) is 0 Å². The molecule has 2 rings (SSSR count). The summed E-state index contributed by atoms with van der Waals surface area (Å²) < 4.78 is 0. The van der Waals surface area contributed by atoms with Crippen LogP contribution in [-0.2, 0) is 0 Å². The van der Waals surface area contributed by atoms with Gasteiger partial charge in [-0.2, -0.15) is 0 Å². The van der Waals surface area contributed by atoms with Crippen LogP contribution in [-0.4, -0.2) is 35.2 Å². The molecule has 2 fully saturated rings. The van der Waals surface area contributed by atoms with Crippen LogP contribution in [0.25, 0.3) is 0 Å². The first-order valence-electron chi connectivity index (χ1n) is 4.67. The van der Waals surface area contributed by atoms with Crippen LogP contribution in [0.15, 0.2) is 0 Å². The first-order valence-corrected chi connectivity index (χ1v) is 4.67. The Bertz CT molecular complexity index is 148. The van der Waals surface area contributed by atoms with Crippen LogP contribution in [0.3, 0.4) is 0 Å². The molecule has 2 aliphatic rings. The highest BCUT2D eigenvalue weighted by atomic mass is 16.3. The molecular weight excluding hydrogens is 138 g/mol. The Kier molecular flexibility index (Phi) is 1.90. The first kappa shape index (κ1) is 7.56. The van der Waals surface area contributed by atoms with Gasteiger partial charge in [-0.3, -0.25) is 0 Å². The minimum absolute atomic E-state index is 0.0206. The fourth-order valence-corrected chi connectivity index (χ4v) is 2.54. The van der Waals surface area contributed by atoms with Gasteiger partial charge in [-0.15, -0.1) is 0 Å². The van der Waals surface area contributed by atoms with E-state index in [-0.39, 0.29) is 6.10 Å². The normalized spacial score (nSPS) is 45.8. The van der Waals surface area contributed by atoms with Crippen molar-refractivity contribution < 1.29 is 5.11 Å². The van der Waals surface area contributed by atoms with Crippen molar-refractivity contribution >= 4 is 0 Å². The summed E-state index contributed by atoms with van der Waals surface area (Å²) in [5.41, 5.74) is 0. The molecule has 0 radical (unpaired) electrons. The molecule has 0 unspecified atom stereocenters. The molecule has 11 heavy (non-hydrogen) atoms. The van der Waals surface area contributed by atoms with E-state index >= 15 is 0 Å². The van der Waals surface area contributed by atoms with Crippen molar-refractivity contribution in [1.82, 2.24) is 4.90 Å². The minimum atomic E-state index is -0.0206. The Morgan fingerprint density at radius 3 is 2.55 bits per heavy atom. The number of aliphatic hydroxyl groups excluding tert-OH is 1. The number of rotatable bonds is 0. The quantitative estimate of drug-likeness (QED) is 0.564. The van der Waals surface area contributed by atoms with E-state index in [4.69, 9.17) is 0 Å². The SMILES string of the molecule is CN1[C@H]2CC[C@H](O)C[C@@H]1CC2. The van der Waals surface area contributed by atoms with Gasteiger partial charge in [0, 0.05) is 12.1 Å². The van der Waals surface area contributed by atoms with Crippen LogP contribution in [0.5, 0.6) is 0 Å². The van der Waals surface area contributed by atoms with Crippen molar-refractivity contribution in [2.75, 3.05) is 7.05 Å². The maximum atomic E-state index is 9.50. The summed E-state index contributed by atoms with van der Waals surface area (Å²) in [6.07, 6.45) is 5.87. The standard InChI is InChI=1S/C9H17NO/c1-10-7-2-3-8(10)6-9(11)5-4-7/h7-9,11H,2-6H2,1H3/t7-,8+,9+/m1/s1. The molecule has 2 nitrogen and oxygen atoms in total. The van der Waals surface area contributed by atoms with Crippen molar-refractivity contribution in [3.63, 3.8) is 0 Å². The Labute approximate surface area is 68.2 Å². The average Bonchev–Trinajstić information content (AvgIpc) is 2.20. The molecule has 2 heterocycles. The molecule has 2 bridgehead atoms. The van der Waals surface area contributed by atoms with Crippen molar-refractivity contribution in [3.8, 4) is 0 Å². The lowest BCUT2D eigenvalue weighted by Crippen LogP contribution is -2.30. The van der Waals surface area contributed by atoms with Crippen LogP contribution >= 0.6 is 0 Å². The maximum absolute atomic E-state index is 9.50. The van der Waals surface area contributed by atoms with E-state index < -0.39 is 0 Å². The molecular formula is C9H17NO. The van der Waals surface area contributed by atoms with Gasteiger partial charge in [0.05, 0.1) is 6.10 Å². The fraction of sp³-hybridized carbons (Fsp3) is 1.00. The van der Waals surface area contributed by atoms with E-state index in [1.807, 2.05) is 0 Å². The van der Waals surface area contributed by atoms with E-state index in [0.717, 1.165) is 18.9 Å². The zero-order valence-electron chi connectivity index (χ0n) is 7.16. The third-order valence-corrected chi connectivity index (χ3v) is 3.36. The molecule has 0 aromatic carbocycles. The highest BCUT2D eigenvalue weighted by molar-refractivity contribution is 4.90. The van der Waals surface area contributed by atoms with Crippen LogP contribution in [0, 0.1) is 0 Å². The third kappa shape index (κ3) is 1.30. The number of aliphatic hydroxyl groups is 1. The predicted molar refractivity (Wildman–Crippen MR) is 44.4 cm³/mol.